The van der Waals surface area contributed by atoms with E-state index in [1.165, 1.54) is 12.1 Å². The van der Waals surface area contributed by atoms with Crippen LogP contribution in [0, 0.1) is 11.2 Å². The minimum atomic E-state index is -0.565. The predicted molar refractivity (Wildman–Crippen MR) is 78.4 cm³/mol. The molecule has 0 aliphatic carbocycles. The fraction of sp³-hybridized carbons (Fsp3) is 0.385. The summed E-state index contributed by atoms with van der Waals surface area (Å²) < 4.78 is 19.4. The number of nitrogens with zero attached hydrogens (tertiary/aromatic N) is 2. The first-order valence-electron chi connectivity index (χ1n) is 6.04. The molecule has 0 aromatic heterocycles. The summed E-state index contributed by atoms with van der Waals surface area (Å²) in [5.41, 5.74) is 15.8. The van der Waals surface area contributed by atoms with Gasteiger partial charge in [0.25, 0.3) is 0 Å². The van der Waals surface area contributed by atoms with E-state index < -0.39 is 5.82 Å². The summed E-state index contributed by atoms with van der Waals surface area (Å²) in [6.45, 7) is 6.41. The van der Waals surface area contributed by atoms with Gasteiger partial charge < -0.3 is 21.9 Å². The van der Waals surface area contributed by atoms with Crippen molar-refractivity contribution in [1.29, 1.82) is 0 Å². The average molecular weight is 281 g/mol. The Hall–Kier alpha value is -2.31. The van der Waals surface area contributed by atoms with Gasteiger partial charge in [0.1, 0.15) is 11.4 Å². The first-order valence-corrected chi connectivity index (χ1v) is 6.04. The van der Waals surface area contributed by atoms with Crippen molar-refractivity contribution in [2.45, 2.75) is 20.8 Å². The Kier molecular flexibility index (Phi) is 4.90. The van der Waals surface area contributed by atoms with Gasteiger partial charge in [0.05, 0.1) is 6.61 Å². The Balaban J connectivity index is 3.09. The van der Waals surface area contributed by atoms with Crippen molar-refractivity contribution in [3.8, 4) is 5.75 Å². The molecule has 0 amide bonds. The van der Waals surface area contributed by atoms with Crippen LogP contribution in [0.5, 0.6) is 5.75 Å². The summed E-state index contributed by atoms with van der Waals surface area (Å²) in [5, 5.41) is 0. The van der Waals surface area contributed by atoms with E-state index in [0.717, 1.165) is 0 Å². The topological polar surface area (TPSA) is 112 Å². The monoisotopic (exact) mass is 281 g/mol. The van der Waals surface area contributed by atoms with Crippen LogP contribution in [0.25, 0.3) is 0 Å². The molecule has 7 heteroatoms. The lowest BCUT2D eigenvalue weighted by molar-refractivity contribution is 0.198. The highest BCUT2D eigenvalue weighted by molar-refractivity contribution is 5.93. The van der Waals surface area contributed by atoms with Crippen molar-refractivity contribution in [2.24, 2.45) is 32.6 Å². The summed E-state index contributed by atoms with van der Waals surface area (Å²) in [7, 11) is 0. The van der Waals surface area contributed by atoms with E-state index in [1.54, 1.807) is 6.07 Å². The maximum atomic E-state index is 13.8. The lowest BCUT2D eigenvalue weighted by Crippen LogP contribution is -2.26. The summed E-state index contributed by atoms with van der Waals surface area (Å²) >= 11 is 0. The van der Waals surface area contributed by atoms with Crippen LogP contribution in [0.3, 0.4) is 0 Å². The number of guanidine groups is 2. The molecule has 0 heterocycles. The molecule has 0 saturated heterocycles. The molecular formula is C13H20FN5O. The number of ether oxygens (including phenoxy) is 1. The first-order chi connectivity index (χ1) is 9.19. The third kappa shape index (κ3) is 5.13. The third-order valence-electron chi connectivity index (χ3n) is 2.08. The molecule has 0 aliphatic heterocycles. The second-order valence-electron chi connectivity index (χ2n) is 5.44. The second kappa shape index (κ2) is 6.23. The SMILES string of the molecule is CC(C)(C)COc1cccc(F)c1N=C(N)N=C(N)N. The zero-order chi connectivity index (χ0) is 15.3. The molecule has 0 radical (unpaired) electrons. The predicted octanol–water partition coefficient (Wildman–Crippen LogP) is 1.47. The maximum absolute atomic E-state index is 13.8. The van der Waals surface area contributed by atoms with Gasteiger partial charge in [-0.25, -0.2) is 9.38 Å². The molecule has 6 N–H and O–H groups in total. The van der Waals surface area contributed by atoms with Crippen molar-refractivity contribution in [1.82, 2.24) is 0 Å². The Morgan fingerprint density at radius 1 is 1.25 bits per heavy atom. The molecule has 1 aromatic carbocycles. The highest BCUT2D eigenvalue weighted by Crippen LogP contribution is 2.31. The standard InChI is InChI=1S/C13H20FN5O/c1-13(2,3)7-20-9-6-4-5-8(14)10(9)18-12(17)19-11(15)16/h4-6H,7H2,1-3H3,(H6,15,16,17,18,19). The van der Waals surface area contributed by atoms with Crippen LogP contribution in [0.2, 0.25) is 0 Å². The molecule has 110 valence electrons. The molecular weight excluding hydrogens is 261 g/mol. The van der Waals surface area contributed by atoms with Crippen molar-refractivity contribution in [3.63, 3.8) is 0 Å². The highest BCUT2D eigenvalue weighted by atomic mass is 19.1. The highest BCUT2D eigenvalue weighted by Gasteiger charge is 2.15. The summed E-state index contributed by atoms with van der Waals surface area (Å²) in [4.78, 5) is 7.39. The van der Waals surface area contributed by atoms with E-state index in [-0.39, 0.29) is 28.8 Å². The lowest BCUT2D eigenvalue weighted by Gasteiger charge is -2.19. The largest absolute Gasteiger partial charge is 0.491 e. The molecule has 0 saturated carbocycles. The molecule has 0 spiro atoms. The van der Waals surface area contributed by atoms with Gasteiger partial charge in [-0.1, -0.05) is 26.8 Å². The van der Waals surface area contributed by atoms with Crippen LogP contribution in [-0.4, -0.2) is 18.5 Å². The Morgan fingerprint density at radius 3 is 2.45 bits per heavy atom. The fourth-order valence-electron chi connectivity index (χ4n) is 1.29. The van der Waals surface area contributed by atoms with E-state index in [1.807, 2.05) is 20.8 Å². The van der Waals surface area contributed by atoms with Gasteiger partial charge in [-0.2, -0.15) is 4.99 Å². The number of rotatable bonds is 3. The molecule has 0 fully saturated rings. The minimum Gasteiger partial charge on any atom is -0.491 e. The van der Waals surface area contributed by atoms with Crippen LogP contribution in [0.15, 0.2) is 28.2 Å². The van der Waals surface area contributed by atoms with Crippen LogP contribution in [0.1, 0.15) is 20.8 Å². The van der Waals surface area contributed by atoms with E-state index in [2.05, 4.69) is 9.98 Å². The minimum absolute atomic E-state index is 0.0285. The van der Waals surface area contributed by atoms with Gasteiger partial charge in [-0.05, 0) is 17.5 Å². The number of benzene rings is 1. The molecule has 6 nitrogen and oxygen atoms in total. The zero-order valence-electron chi connectivity index (χ0n) is 11.9. The van der Waals surface area contributed by atoms with E-state index >= 15 is 0 Å². The first kappa shape index (κ1) is 15.7. The van der Waals surface area contributed by atoms with Crippen LogP contribution >= 0.6 is 0 Å². The quantitative estimate of drug-likeness (QED) is 0.575. The van der Waals surface area contributed by atoms with Crippen LogP contribution < -0.4 is 21.9 Å². The van der Waals surface area contributed by atoms with Crippen molar-refractivity contribution in [2.75, 3.05) is 6.61 Å². The molecule has 1 rings (SSSR count). The number of aliphatic imine (C=N–C) groups is 2. The van der Waals surface area contributed by atoms with Crippen molar-refractivity contribution in [3.05, 3.63) is 24.0 Å². The van der Waals surface area contributed by atoms with Crippen LogP contribution in [-0.2, 0) is 0 Å². The number of para-hydroxylation sites is 1. The Bertz CT molecular complexity index is 530. The lowest BCUT2D eigenvalue weighted by atomic mass is 9.99. The smallest absolute Gasteiger partial charge is 0.224 e. The van der Waals surface area contributed by atoms with Crippen molar-refractivity contribution < 1.29 is 9.13 Å². The van der Waals surface area contributed by atoms with Crippen LogP contribution in [0.4, 0.5) is 10.1 Å². The van der Waals surface area contributed by atoms with E-state index in [4.69, 9.17) is 21.9 Å². The summed E-state index contributed by atoms with van der Waals surface area (Å²) in [5.74, 6) is -0.769. The van der Waals surface area contributed by atoms with Gasteiger partial charge >= 0.3 is 0 Å². The molecule has 0 atom stereocenters. The number of nitrogens with two attached hydrogens (primary N) is 3. The molecule has 0 aliphatic rings. The normalized spacial score (nSPS) is 12.1. The van der Waals surface area contributed by atoms with E-state index in [0.29, 0.717) is 6.61 Å². The average Bonchev–Trinajstić information content (AvgIpc) is 2.28. The number of halogens is 1. The van der Waals surface area contributed by atoms with Gasteiger partial charge in [-0.15, -0.1) is 0 Å². The fourth-order valence-corrected chi connectivity index (χ4v) is 1.29. The Morgan fingerprint density at radius 2 is 1.90 bits per heavy atom. The van der Waals surface area contributed by atoms with Gasteiger partial charge in [0, 0.05) is 0 Å². The van der Waals surface area contributed by atoms with Crippen molar-refractivity contribution >= 4 is 17.6 Å². The third-order valence-corrected chi connectivity index (χ3v) is 2.08. The number of hydrogen-bond acceptors (Lipinski definition) is 2. The Labute approximate surface area is 117 Å². The number of hydrogen-bond donors (Lipinski definition) is 3. The summed E-state index contributed by atoms with van der Waals surface area (Å²) in [6.07, 6.45) is 0. The molecule has 1 aromatic rings. The molecule has 0 unspecified atom stereocenters. The molecule has 0 bridgehead atoms. The summed E-state index contributed by atoms with van der Waals surface area (Å²) in [6, 6.07) is 4.39. The zero-order valence-corrected chi connectivity index (χ0v) is 11.9. The van der Waals surface area contributed by atoms with Gasteiger partial charge in [0.2, 0.25) is 5.96 Å². The van der Waals surface area contributed by atoms with Gasteiger partial charge in [-0.3, -0.25) is 0 Å². The van der Waals surface area contributed by atoms with E-state index in [9.17, 15) is 4.39 Å². The van der Waals surface area contributed by atoms with Gasteiger partial charge in [0.15, 0.2) is 11.8 Å². The maximum Gasteiger partial charge on any atom is 0.224 e. The second-order valence-corrected chi connectivity index (χ2v) is 5.44. The molecule has 20 heavy (non-hydrogen) atoms.